The number of hydrogen-bond donors (Lipinski definition) is 2. The Bertz CT molecular complexity index is 524. The van der Waals surface area contributed by atoms with Crippen molar-refractivity contribution in [2.24, 2.45) is 0 Å². The Morgan fingerprint density at radius 1 is 1.24 bits per heavy atom. The van der Waals surface area contributed by atoms with Crippen LogP contribution in [0.4, 0.5) is 10.5 Å². The first-order chi connectivity index (χ1) is 10.2. The van der Waals surface area contributed by atoms with E-state index in [1.165, 1.54) is 0 Å². The average Bonchev–Trinajstić information content (AvgIpc) is 3.05. The van der Waals surface area contributed by atoms with Crippen LogP contribution in [0, 0.1) is 0 Å². The van der Waals surface area contributed by atoms with Gasteiger partial charge in [-0.25, -0.2) is 4.79 Å². The van der Waals surface area contributed by atoms with Crippen LogP contribution in [0.1, 0.15) is 45.4 Å². The molecular weight excluding hydrogens is 268 g/mol. The van der Waals surface area contributed by atoms with Gasteiger partial charge in [-0.3, -0.25) is 0 Å². The molecule has 0 bridgehead atoms. The van der Waals surface area contributed by atoms with E-state index in [1.54, 1.807) is 0 Å². The first-order valence-corrected chi connectivity index (χ1v) is 7.78. The number of carbonyl (C=O) groups is 1. The number of rotatable bonds is 4. The average molecular weight is 290 g/mol. The van der Waals surface area contributed by atoms with E-state index in [0.29, 0.717) is 6.54 Å². The van der Waals surface area contributed by atoms with Crippen molar-refractivity contribution in [2.45, 2.75) is 51.2 Å². The molecule has 1 heterocycles. The van der Waals surface area contributed by atoms with Gasteiger partial charge in [0.25, 0.3) is 5.79 Å². The first kappa shape index (κ1) is 14.0. The fraction of sp³-hybridized carbons (Fsp3) is 0.562. The van der Waals surface area contributed by atoms with Crippen LogP contribution >= 0.6 is 0 Å². The molecule has 2 N–H and O–H groups in total. The van der Waals surface area contributed by atoms with Gasteiger partial charge in [0.15, 0.2) is 11.5 Å². The molecule has 2 amide bonds. The number of hydrogen-bond acceptors (Lipinski definition) is 3. The molecule has 2 aliphatic rings. The monoisotopic (exact) mass is 290 g/mol. The highest BCUT2D eigenvalue weighted by atomic mass is 16.7. The number of fused-ring (bicyclic) bond motifs is 1. The van der Waals surface area contributed by atoms with E-state index in [0.717, 1.165) is 55.7 Å². The summed E-state index contributed by atoms with van der Waals surface area (Å²) in [6.07, 6.45) is 6.19. The first-order valence-electron chi connectivity index (χ1n) is 7.78. The molecule has 1 aromatic carbocycles. The minimum Gasteiger partial charge on any atom is -0.448 e. The molecule has 1 aliphatic heterocycles. The Morgan fingerprint density at radius 2 is 2.00 bits per heavy atom. The number of nitrogens with one attached hydrogen (secondary N) is 2. The Morgan fingerprint density at radius 3 is 2.76 bits per heavy atom. The molecule has 21 heavy (non-hydrogen) atoms. The maximum absolute atomic E-state index is 11.7. The summed E-state index contributed by atoms with van der Waals surface area (Å²) in [4.78, 5) is 11.7. The largest absolute Gasteiger partial charge is 0.448 e. The molecule has 114 valence electrons. The van der Waals surface area contributed by atoms with Crippen LogP contribution in [-0.2, 0) is 0 Å². The Kier molecular flexibility index (Phi) is 3.90. The van der Waals surface area contributed by atoms with Crippen LogP contribution in [0.15, 0.2) is 18.2 Å². The van der Waals surface area contributed by atoms with E-state index in [1.807, 2.05) is 18.2 Å². The van der Waals surface area contributed by atoms with Crippen LogP contribution < -0.4 is 20.1 Å². The second-order valence-corrected chi connectivity index (χ2v) is 5.72. The Labute approximate surface area is 125 Å². The van der Waals surface area contributed by atoms with Gasteiger partial charge in [-0.15, -0.1) is 0 Å². The summed E-state index contributed by atoms with van der Waals surface area (Å²) in [5.41, 5.74) is 0.724. The second kappa shape index (κ2) is 5.84. The molecule has 0 unspecified atom stereocenters. The third-order valence-corrected chi connectivity index (χ3v) is 3.97. The lowest BCUT2D eigenvalue weighted by atomic mass is 10.2. The fourth-order valence-corrected chi connectivity index (χ4v) is 2.84. The number of benzene rings is 1. The summed E-state index contributed by atoms with van der Waals surface area (Å²) >= 11 is 0. The Balaban J connectivity index is 1.61. The lowest BCUT2D eigenvalue weighted by molar-refractivity contribution is -0.0716. The summed E-state index contributed by atoms with van der Waals surface area (Å²) in [7, 11) is 0. The van der Waals surface area contributed by atoms with Gasteiger partial charge in [-0.1, -0.05) is 13.3 Å². The summed E-state index contributed by atoms with van der Waals surface area (Å²) in [5, 5.41) is 5.65. The highest BCUT2D eigenvalue weighted by Crippen LogP contribution is 2.47. The van der Waals surface area contributed by atoms with Crippen LogP contribution in [0.3, 0.4) is 0 Å². The van der Waals surface area contributed by atoms with E-state index in [4.69, 9.17) is 9.47 Å². The summed E-state index contributed by atoms with van der Waals surface area (Å²) < 4.78 is 11.9. The summed E-state index contributed by atoms with van der Waals surface area (Å²) in [5.74, 6) is 1.04. The molecule has 1 spiro atoms. The lowest BCUT2D eigenvalue weighted by Gasteiger charge is -2.21. The van der Waals surface area contributed by atoms with Gasteiger partial charge < -0.3 is 20.1 Å². The number of unbranched alkanes of at least 4 members (excludes halogenated alkanes) is 1. The third kappa shape index (κ3) is 3.06. The van der Waals surface area contributed by atoms with Gasteiger partial charge in [0.1, 0.15) is 0 Å². The van der Waals surface area contributed by atoms with Crippen molar-refractivity contribution in [1.82, 2.24) is 5.32 Å². The van der Waals surface area contributed by atoms with Gasteiger partial charge in [-0.2, -0.15) is 0 Å². The third-order valence-electron chi connectivity index (χ3n) is 3.97. The zero-order valence-corrected chi connectivity index (χ0v) is 12.4. The van der Waals surface area contributed by atoms with Crippen LogP contribution in [0.25, 0.3) is 0 Å². The van der Waals surface area contributed by atoms with Crippen molar-refractivity contribution in [3.8, 4) is 11.5 Å². The standard InChI is InChI=1S/C16H22N2O3/c1-2-3-10-17-15(19)18-12-6-7-13-14(11-12)21-16(20-13)8-4-5-9-16/h6-7,11H,2-5,8-10H2,1H3,(H2,17,18,19). The van der Waals surface area contributed by atoms with Gasteiger partial charge in [0.05, 0.1) is 0 Å². The maximum Gasteiger partial charge on any atom is 0.319 e. The Hall–Kier alpha value is -1.91. The highest BCUT2D eigenvalue weighted by Gasteiger charge is 2.44. The van der Waals surface area contributed by atoms with E-state index in [-0.39, 0.29) is 6.03 Å². The smallest absolute Gasteiger partial charge is 0.319 e. The summed E-state index contributed by atoms with van der Waals surface area (Å²) in [6, 6.07) is 5.36. The van der Waals surface area contributed by atoms with E-state index in [2.05, 4.69) is 17.6 Å². The van der Waals surface area contributed by atoms with Crippen LogP contribution in [-0.4, -0.2) is 18.4 Å². The topological polar surface area (TPSA) is 59.6 Å². The van der Waals surface area contributed by atoms with Gasteiger partial charge in [0, 0.05) is 31.1 Å². The molecule has 1 saturated carbocycles. The zero-order chi connectivity index (χ0) is 14.7. The second-order valence-electron chi connectivity index (χ2n) is 5.72. The number of anilines is 1. The van der Waals surface area contributed by atoms with Crippen molar-refractivity contribution < 1.29 is 14.3 Å². The molecule has 1 fully saturated rings. The fourth-order valence-electron chi connectivity index (χ4n) is 2.84. The zero-order valence-electron chi connectivity index (χ0n) is 12.4. The molecule has 0 atom stereocenters. The molecule has 5 heteroatoms. The molecule has 0 radical (unpaired) electrons. The molecule has 1 aromatic rings. The van der Waals surface area contributed by atoms with Gasteiger partial charge in [0.2, 0.25) is 0 Å². The quantitative estimate of drug-likeness (QED) is 0.832. The van der Waals surface area contributed by atoms with E-state index >= 15 is 0 Å². The van der Waals surface area contributed by atoms with Crippen molar-refractivity contribution in [1.29, 1.82) is 0 Å². The normalized spacial score (nSPS) is 18.0. The summed E-state index contributed by atoms with van der Waals surface area (Å²) in [6.45, 7) is 2.78. The van der Waals surface area contributed by atoms with Crippen molar-refractivity contribution in [2.75, 3.05) is 11.9 Å². The number of amides is 2. The van der Waals surface area contributed by atoms with Crippen molar-refractivity contribution in [3.63, 3.8) is 0 Å². The number of carbonyl (C=O) groups excluding carboxylic acids is 1. The van der Waals surface area contributed by atoms with Gasteiger partial charge in [-0.05, 0) is 31.4 Å². The van der Waals surface area contributed by atoms with Crippen molar-refractivity contribution >= 4 is 11.7 Å². The molecule has 1 aliphatic carbocycles. The number of urea groups is 1. The number of ether oxygens (including phenoxy) is 2. The minimum absolute atomic E-state index is 0.183. The predicted octanol–water partition coefficient (Wildman–Crippen LogP) is 3.65. The highest BCUT2D eigenvalue weighted by molar-refractivity contribution is 5.89. The molecule has 0 aromatic heterocycles. The SMILES string of the molecule is CCCCNC(=O)Nc1ccc2c(c1)OC1(CCCC1)O2. The predicted molar refractivity (Wildman–Crippen MR) is 80.8 cm³/mol. The molecule has 5 nitrogen and oxygen atoms in total. The van der Waals surface area contributed by atoms with Gasteiger partial charge >= 0.3 is 6.03 Å². The van der Waals surface area contributed by atoms with E-state index < -0.39 is 5.79 Å². The molecular formula is C16H22N2O3. The minimum atomic E-state index is -0.454. The lowest BCUT2D eigenvalue weighted by Crippen LogP contribution is -2.34. The van der Waals surface area contributed by atoms with Crippen LogP contribution in [0.5, 0.6) is 11.5 Å². The van der Waals surface area contributed by atoms with E-state index in [9.17, 15) is 4.79 Å². The van der Waals surface area contributed by atoms with Crippen molar-refractivity contribution in [3.05, 3.63) is 18.2 Å². The molecule has 0 saturated heterocycles. The molecule has 3 rings (SSSR count). The van der Waals surface area contributed by atoms with Crippen LogP contribution in [0.2, 0.25) is 0 Å². The maximum atomic E-state index is 11.7.